The second kappa shape index (κ2) is 12.0. The van der Waals surface area contributed by atoms with E-state index in [0.29, 0.717) is 60.8 Å². The Morgan fingerprint density at radius 3 is 2.41 bits per heavy atom. The van der Waals surface area contributed by atoms with Gasteiger partial charge >= 0.3 is 5.97 Å². The molecule has 11 heteroatoms. The number of aromatic nitrogens is 1. The first-order valence-electron chi connectivity index (χ1n) is 12.2. The van der Waals surface area contributed by atoms with Crippen molar-refractivity contribution < 1.29 is 28.5 Å². The molecule has 1 aromatic heterocycles. The number of benzene rings is 2. The molecule has 2 aromatic carbocycles. The summed E-state index contributed by atoms with van der Waals surface area (Å²) in [6, 6.07) is 7.81. The Kier molecular flexibility index (Phi) is 8.66. The summed E-state index contributed by atoms with van der Waals surface area (Å²) in [5.74, 6) is 1.29. The van der Waals surface area contributed by atoms with Crippen molar-refractivity contribution in [3.63, 3.8) is 0 Å². The maximum absolute atomic E-state index is 14.0. The minimum atomic E-state index is -0.861. The van der Waals surface area contributed by atoms with Crippen molar-refractivity contribution in [3.05, 3.63) is 77.4 Å². The van der Waals surface area contributed by atoms with Gasteiger partial charge in [-0.2, -0.15) is 0 Å². The van der Waals surface area contributed by atoms with Crippen molar-refractivity contribution in [2.24, 2.45) is 4.99 Å². The number of hydrogen-bond acceptors (Lipinski definition) is 9. The minimum Gasteiger partial charge on any atom is -0.493 e. The number of allylic oxidation sites excluding steroid dienone is 1. The van der Waals surface area contributed by atoms with Crippen LogP contribution in [0.3, 0.4) is 0 Å². The zero-order chi connectivity index (χ0) is 28.3. The zero-order valence-electron chi connectivity index (χ0n) is 22.5. The second-order valence-corrected chi connectivity index (χ2v) is 9.76. The number of carbonyl (C=O) groups is 1. The molecular formula is C28H29ClN2O7S. The Bertz CT molecular complexity index is 1620. The first kappa shape index (κ1) is 28.3. The fraction of sp³-hybridized carbons (Fsp3) is 0.321. The first-order chi connectivity index (χ1) is 18.8. The highest BCUT2D eigenvalue weighted by Crippen LogP contribution is 2.41. The van der Waals surface area contributed by atoms with E-state index in [2.05, 4.69) is 4.99 Å². The maximum atomic E-state index is 14.0. The van der Waals surface area contributed by atoms with Gasteiger partial charge in [-0.05, 0) is 44.5 Å². The van der Waals surface area contributed by atoms with E-state index in [0.717, 1.165) is 0 Å². The summed E-state index contributed by atoms with van der Waals surface area (Å²) in [7, 11) is 4.57. The lowest BCUT2D eigenvalue weighted by Gasteiger charge is -2.26. The smallest absolute Gasteiger partial charge is 0.338 e. The Morgan fingerprint density at radius 1 is 1.08 bits per heavy atom. The summed E-state index contributed by atoms with van der Waals surface area (Å²) in [4.78, 5) is 32.3. The lowest BCUT2D eigenvalue weighted by atomic mass is 9.94. The van der Waals surface area contributed by atoms with E-state index in [1.165, 1.54) is 37.2 Å². The van der Waals surface area contributed by atoms with Gasteiger partial charge in [0.05, 0.1) is 55.4 Å². The molecular weight excluding hydrogens is 544 g/mol. The monoisotopic (exact) mass is 572 g/mol. The molecule has 3 aromatic rings. The number of hydrogen-bond donors (Lipinski definition) is 0. The standard InChI is InChI=1S/C28H29ClN2O7S/c1-7-37-25-17(10-9-11-19(25)34-4)24-23(27(33)38-8-2)15(3)30-28-31(24)26(32)22(39-28)13-16-12-20(35-5)21(36-6)14-18(16)29/h9-14,24H,7-8H2,1-6H3/b22-13+/t24-/m1/s1. The highest BCUT2D eigenvalue weighted by atomic mass is 35.5. The van der Waals surface area contributed by atoms with Crippen LogP contribution in [-0.2, 0) is 9.53 Å². The first-order valence-corrected chi connectivity index (χ1v) is 13.4. The van der Waals surface area contributed by atoms with Gasteiger partial charge in [0.1, 0.15) is 6.04 Å². The molecule has 39 heavy (non-hydrogen) atoms. The molecule has 0 N–H and O–H groups in total. The summed E-state index contributed by atoms with van der Waals surface area (Å²) in [6.07, 6.45) is 1.67. The topological polar surface area (TPSA) is 97.6 Å². The third-order valence-electron chi connectivity index (χ3n) is 6.12. The number of ether oxygens (including phenoxy) is 5. The number of nitrogens with zero attached hydrogens (tertiary/aromatic N) is 2. The van der Waals surface area contributed by atoms with Crippen LogP contribution in [-0.4, -0.2) is 45.1 Å². The third-order valence-corrected chi connectivity index (χ3v) is 7.43. The van der Waals surface area contributed by atoms with Crippen molar-refractivity contribution in [2.75, 3.05) is 34.5 Å². The van der Waals surface area contributed by atoms with Crippen molar-refractivity contribution in [1.29, 1.82) is 0 Å². The van der Waals surface area contributed by atoms with Crippen molar-refractivity contribution in [2.45, 2.75) is 26.8 Å². The van der Waals surface area contributed by atoms with E-state index < -0.39 is 12.0 Å². The average Bonchev–Trinajstić information content (AvgIpc) is 3.23. The SMILES string of the molecule is CCOC(=O)C1=C(C)N=c2s/c(=C/c3cc(OC)c(OC)cc3Cl)c(=O)n2[C@@H]1c1cccc(OC)c1OCC. The van der Waals surface area contributed by atoms with E-state index in [1.807, 2.05) is 6.92 Å². The van der Waals surface area contributed by atoms with Gasteiger partial charge in [0.25, 0.3) is 5.56 Å². The van der Waals surface area contributed by atoms with Crippen LogP contribution in [0.5, 0.6) is 23.0 Å². The maximum Gasteiger partial charge on any atom is 0.338 e. The van der Waals surface area contributed by atoms with Gasteiger partial charge in [0.2, 0.25) is 0 Å². The van der Waals surface area contributed by atoms with Gasteiger partial charge in [-0.1, -0.05) is 35.1 Å². The van der Waals surface area contributed by atoms with Gasteiger partial charge in [-0.15, -0.1) is 0 Å². The van der Waals surface area contributed by atoms with E-state index >= 15 is 0 Å². The molecule has 0 bridgehead atoms. The van der Waals surface area contributed by atoms with Gasteiger partial charge < -0.3 is 23.7 Å². The van der Waals surface area contributed by atoms with Crippen LogP contribution in [0.25, 0.3) is 6.08 Å². The lowest BCUT2D eigenvalue weighted by Crippen LogP contribution is -2.40. The summed E-state index contributed by atoms with van der Waals surface area (Å²) in [5, 5.41) is 0.379. The molecule has 0 amide bonds. The van der Waals surface area contributed by atoms with E-state index in [-0.39, 0.29) is 17.7 Å². The molecule has 0 saturated carbocycles. The summed E-state index contributed by atoms with van der Waals surface area (Å²) >= 11 is 7.69. The Hall–Kier alpha value is -3.76. The van der Waals surface area contributed by atoms with Crippen LogP contribution in [0.2, 0.25) is 5.02 Å². The summed E-state index contributed by atoms with van der Waals surface area (Å²) in [6.45, 7) is 5.82. The number of methoxy groups -OCH3 is 3. The van der Waals surface area contributed by atoms with E-state index in [4.69, 9.17) is 35.3 Å². The van der Waals surface area contributed by atoms with Crippen LogP contribution in [0.15, 0.2) is 51.4 Å². The number of esters is 1. The molecule has 0 saturated heterocycles. The fourth-order valence-electron chi connectivity index (χ4n) is 4.42. The molecule has 2 heterocycles. The van der Waals surface area contributed by atoms with Crippen LogP contribution < -0.4 is 33.8 Å². The molecule has 0 aliphatic carbocycles. The zero-order valence-corrected chi connectivity index (χ0v) is 24.1. The molecule has 0 fully saturated rings. The van der Waals surface area contributed by atoms with E-state index in [1.54, 1.807) is 50.3 Å². The minimum absolute atomic E-state index is 0.168. The summed E-state index contributed by atoms with van der Waals surface area (Å²) in [5.41, 5.74) is 1.48. The quantitative estimate of drug-likeness (QED) is 0.359. The molecule has 4 rings (SSSR count). The van der Waals surface area contributed by atoms with Crippen molar-refractivity contribution in [3.8, 4) is 23.0 Å². The molecule has 1 aliphatic heterocycles. The molecule has 9 nitrogen and oxygen atoms in total. The Labute approximate surface area is 234 Å². The van der Waals surface area contributed by atoms with Crippen LogP contribution in [0, 0.1) is 0 Å². The number of carbonyl (C=O) groups excluding carboxylic acids is 1. The molecule has 206 valence electrons. The van der Waals surface area contributed by atoms with Gasteiger partial charge in [-0.25, -0.2) is 9.79 Å². The van der Waals surface area contributed by atoms with Gasteiger partial charge in [0.15, 0.2) is 27.8 Å². The number of rotatable bonds is 9. The highest BCUT2D eigenvalue weighted by Gasteiger charge is 2.36. The van der Waals surface area contributed by atoms with Crippen LogP contribution >= 0.6 is 22.9 Å². The van der Waals surface area contributed by atoms with Gasteiger partial charge in [0, 0.05) is 11.6 Å². The highest BCUT2D eigenvalue weighted by molar-refractivity contribution is 7.07. The van der Waals surface area contributed by atoms with Crippen molar-refractivity contribution >= 4 is 35.0 Å². The molecule has 0 unspecified atom stereocenters. The summed E-state index contributed by atoms with van der Waals surface area (Å²) < 4.78 is 29.5. The molecule has 1 atom stereocenters. The number of fused-ring (bicyclic) bond motifs is 1. The number of para-hydroxylation sites is 1. The second-order valence-electron chi connectivity index (χ2n) is 8.34. The fourth-order valence-corrected chi connectivity index (χ4v) is 5.66. The predicted octanol–water partition coefficient (Wildman–Crippen LogP) is 3.88. The predicted molar refractivity (Wildman–Crippen MR) is 149 cm³/mol. The Morgan fingerprint density at radius 2 is 1.77 bits per heavy atom. The van der Waals surface area contributed by atoms with E-state index in [9.17, 15) is 9.59 Å². The van der Waals surface area contributed by atoms with Crippen LogP contribution in [0.4, 0.5) is 0 Å². The van der Waals surface area contributed by atoms with Crippen LogP contribution in [0.1, 0.15) is 37.9 Å². The third kappa shape index (κ3) is 5.26. The Balaban J connectivity index is 2.02. The average molecular weight is 573 g/mol. The molecule has 0 spiro atoms. The largest absolute Gasteiger partial charge is 0.493 e. The number of halogens is 1. The molecule has 0 radical (unpaired) electrons. The molecule has 1 aliphatic rings. The lowest BCUT2D eigenvalue weighted by molar-refractivity contribution is -0.139. The number of thiazole rings is 1. The van der Waals surface area contributed by atoms with Gasteiger partial charge in [-0.3, -0.25) is 9.36 Å². The van der Waals surface area contributed by atoms with Crippen molar-refractivity contribution in [1.82, 2.24) is 4.57 Å². The normalized spacial score (nSPS) is 14.9.